The van der Waals surface area contributed by atoms with E-state index in [0.717, 1.165) is 17.2 Å². The minimum Gasteiger partial charge on any atom is -0.397 e. The van der Waals surface area contributed by atoms with Gasteiger partial charge >= 0.3 is 0 Å². The van der Waals surface area contributed by atoms with Crippen LogP contribution >= 0.6 is 0 Å². The molecule has 0 saturated carbocycles. The Hall–Kier alpha value is -2.04. The van der Waals surface area contributed by atoms with Crippen LogP contribution in [0, 0.1) is 0 Å². The van der Waals surface area contributed by atoms with E-state index in [-0.39, 0.29) is 0 Å². The molecule has 18 heavy (non-hydrogen) atoms. The highest BCUT2D eigenvalue weighted by atomic mass is 15.4. The molecule has 0 aliphatic heterocycles. The summed E-state index contributed by atoms with van der Waals surface area (Å²) >= 11 is 0. The minimum atomic E-state index is 0.309. The van der Waals surface area contributed by atoms with E-state index in [2.05, 4.69) is 28.8 Å². The summed E-state index contributed by atoms with van der Waals surface area (Å²) in [5.74, 6) is 0.941. The van der Waals surface area contributed by atoms with Crippen LogP contribution in [0.2, 0.25) is 0 Å². The molecule has 2 N–H and O–H groups in total. The van der Waals surface area contributed by atoms with Crippen molar-refractivity contribution >= 4 is 11.4 Å². The molecule has 5 heteroatoms. The second kappa shape index (κ2) is 5.08. The molecule has 1 heterocycles. The zero-order chi connectivity index (χ0) is 13.1. The molecule has 2 aromatic rings. The Balaban J connectivity index is 2.19. The fraction of sp³-hybridized carbons (Fsp3) is 0.385. The standard InChI is InChI=1S/C13H19N5/c1-10(2)18-13(15-9-16-18)8-17(3)12-7-5-4-6-11(12)14/h4-7,9-10H,8,14H2,1-3H3. The van der Waals surface area contributed by atoms with Gasteiger partial charge in [0, 0.05) is 13.1 Å². The molecule has 0 atom stereocenters. The van der Waals surface area contributed by atoms with Gasteiger partial charge in [-0.15, -0.1) is 0 Å². The molecule has 0 saturated heterocycles. The molecule has 0 bridgehead atoms. The van der Waals surface area contributed by atoms with Gasteiger partial charge in [-0.2, -0.15) is 5.10 Å². The number of para-hydroxylation sites is 2. The highest BCUT2D eigenvalue weighted by molar-refractivity contribution is 5.66. The lowest BCUT2D eigenvalue weighted by Crippen LogP contribution is -2.21. The summed E-state index contributed by atoms with van der Waals surface area (Å²) in [6.07, 6.45) is 1.59. The number of rotatable bonds is 4. The molecule has 1 aromatic heterocycles. The van der Waals surface area contributed by atoms with Crippen LogP contribution in [0.5, 0.6) is 0 Å². The number of aromatic nitrogens is 3. The fourth-order valence-corrected chi connectivity index (χ4v) is 1.95. The normalized spacial score (nSPS) is 10.9. The Morgan fingerprint density at radius 2 is 2.06 bits per heavy atom. The third-order valence-electron chi connectivity index (χ3n) is 2.86. The first kappa shape index (κ1) is 12.4. The summed E-state index contributed by atoms with van der Waals surface area (Å²) in [5.41, 5.74) is 7.75. The van der Waals surface area contributed by atoms with E-state index in [4.69, 9.17) is 5.73 Å². The van der Waals surface area contributed by atoms with Crippen LogP contribution in [0.3, 0.4) is 0 Å². The van der Waals surface area contributed by atoms with Crippen LogP contribution in [0.15, 0.2) is 30.6 Å². The smallest absolute Gasteiger partial charge is 0.146 e. The van der Waals surface area contributed by atoms with Crippen molar-refractivity contribution in [1.29, 1.82) is 0 Å². The van der Waals surface area contributed by atoms with Gasteiger partial charge in [0.2, 0.25) is 0 Å². The van der Waals surface area contributed by atoms with Gasteiger partial charge in [-0.3, -0.25) is 0 Å². The quantitative estimate of drug-likeness (QED) is 0.838. The van der Waals surface area contributed by atoms with Crippen LogP contribution in [0.1, 0.15) is 25.7 Å². The average molecular weight is 245 g/mol. The fourth-order valence-electron chi connectivity index (χ4n) is 1.95. The highest BCUT2D eigenvalue weighted by Gasteiger charge is 2.11. The Morgan fingerprint density at radius 1 is 1.33 bits per heavy atom. The van der Waals surface area contributed by atoms with Crippen LogP contribution in [0.4, 0.5) is 11.4 Å². The highest BCUT2D eigenvalue weighted by Crippen LogP contribution is 2.22. The number of nitrogens with zero attached hydrogens (tertiary/aromatic N) is 4. The molecule has 0 aliphatic carbocycles. The number of nitrogens with two attached hydrogens (primary N) is 1. The monoisotopic (exact) mass is 245 g/mol. The molecule has 0 aliphatic rings. The summed E-state index contributed by atoms with van der Waals surface area (Å²) in [6, 6.07) is 8.13. The lowest BCUT2D eigenvalue weighted by Gasteiger charge is -2.21. The first-order valence-electron chi connectivity index (χ1n) is 6.03. The predicted molar refractivity (Wildman–Crippen MR) is 73.4 cm³/mol. The lowest BCUT2D eigenvalue weighted by molar-refractivity contribution is 0.504. The zero-order valence-corrected chi connectivity index (χ0v) is 11.0. The molecule has 0 unspecified atom stereocenters. The molecule has 0 fully saturated rings. The van der Waals surface area contributed by atoms with Crippen molar-refractivity contribution in [3.8, 4) is 0 Å². The van der Waals surface area contributed by atoms with E-state index in [1.807, 2.05) is 36.0 Å². The van der Waals surface area contributed by atoms with Gasteiger partial charge in [-0.25, -0.2) is 9.67 Å². The maximum absolute atomic E-state index is 5.96. The van der Waals surface area contributed by atoms with Crippen molar-refractivity contribution in [1.82, 2.24) is 14.8 Å². The number of hydrogen-bond donors (Lipinski definition) is 1. The molecular formula is C13H19N5. The predicted octanol–water partition coefficient (Wildman–Crippen LogP) is 2.08. The van der Waals surface area contributed by atoms with Crippen LogP contribution in [-0.2, 0) is 6.54 Å². The third kappa shape index (κ3) is 2.45. The molecule has 5 nitrogen and oxygen atoms in total. The van der Waals surface area contributed by atoms with Crippen LogP contribution in [0.25, 0.3) is 0 Å². The molecule has 0 amide bonds. The van der Waals surface area contributed by atoms with E-state index in [1.54, 1.807) is 6.33 Å². The van der Waals surface area contributed by atoms with Crippen molar-refractivity contribution in [3.63, 3.8) is 0 Å². The Labute approximate surface area is 107 Å². The topological polar surface area (TPSA) is 60.0 Å². The van der Waals surface area contributed by atoms with Crippen molar-refractivity contribution in [2.45, 2.75) is 26.4 Å². The summed E-state index contributed by atoms with van der Waals surface area (Å²) in [5, 5.41) is 4.23. The summed E-state index contributed by atoms with van der Waals surface area (Å²) in [4.78, 5) is 6.38. The molecule has 0 spiro atoms. The molecule has 1 aromatic carbocycles. The van der Waals surface area contributed by atoms with Gasteiger partial charge in [-0.1, -0.05) is 12.1 Å². The minimum absolute atomic E-state index is 0.309. The molecular weight excluding hydrogens is 226 g/mol. The van der Waals surface area contributed by atoms with E-state index < -0.39 is 0 Å². The molecule has 96 valence electrons. The van der Waals surface area contributed by atoms with Crippen molar-refractivity contribution < 1.29 is 0 Å². The summed E-state index contributed by atoms with van der Waals surface area (Å²) in [7, 11) is 2.00. The van der Waals surface area contributed by atoms with E-state index in [1.165, 1.54) is 0 Å². The summed E-state index contributed by atoms with van der Waals surface area (Å²) in [6.45, 7) is 4.87. The van der Waals surface area contributed by atoms with Gasteiger partial charge in [0.1, 0.15) is 12.2 Å². The SMILES string of the molecule is CC(C)n1ncnc1CN(C)c1ccccc1N. The second-order valence-electron chi connectivity index (χ2n) is 4.63. The Kier molecular flexibility index (Phi) is 3.50. The maximum atomic E-state index is 5.96. The van der Waals surface area contributed by atoms with Crippen molar-refractivity contribution in [2.75, 3.05) is 17.7 Å². The average Bonchev–Trinajstić information content (AvgIpc) is 2.77. The molecule has 2 rings (SSSR count). The van der Waals surface area contributed by atoms with Crippen LogP contribution < -0.4 is 10.6 Å². The zero-order valence-electron chi connectivity index (χ0n) is 11.0. The summed E-state index contributed by atoms with van der Waals surface area (Å²) < 4.78 is 1.93. The van der Waals surface area contributed by atoms with E-state index in [9.17, 15) is 0 Å². The Bertz CT molecular complexity index is 518. The van der Waals surface area contributed by atoms with E-state index in [0.29, 0.717) is 12.6 Å². The van der Waals surface area contributed by atoms with Gasteiger partial charge < -0.3 is 10.6 Å². The van der Waals surface area contributed by atoms with E-state index >= 15 is 0 Å². The van der Waals surface area contributed by atoms with Gasteiger partial charge in [0.05, 0.1) is 17.9 Å². The Morgan fingerprint density at radius 3 is 2.72 bits per heavy atom. The first-order valence-corrected chi connectivity index (χ1v) is 6.03. The van der Waals surface area contributed by atoms with Crippen LogP contribution in [-0.4, -0.2) is 21.8 Å². The van der Waals surface area contributed by atoms with Gasteiger partial charge in [0.25, 0.3) is 0 Å². The van der Waals surface area contributed by atoms with Crippen molar-refractivity contribution in [3.05, 3.63) is 36.4 Å². The third-order valence-corrected chi connectivity index (χ3v) is 2.86. The molecule has 0 radical (unpaired) electrons. The largest absolute Gasteiger partial charge is 0.397 e. The first-order chi connectivity index (χ1) is 8.59. The van der Waals surface area contributed by atoms with Crippen molar-refractivity contribution in [2.24, 2.45) is 0 Å². The second-order valence-corrected chi connectivity index (χ2v) is 4.63. The number of anilines is 2. The van der Waals surface area contributed by atoms with Gasteiger partial charge in [0.15, 0.2) is 0 Å². The van der Waals surface area contributed by atoms with Gasteiger partial charge in [-0.05, 0) is 26.0 Å². The maximum Gasteiger partial charge on any atom is 0.146 e. The lowest BCUT2D eigenvalue weighted by atomic mass is 10.2. The number of benzene rings is 1. The number of hydrogen-bond acceptors (Lipinski definition) is 4. The number of nitrogen functional groups attached to an aromatic ring is 1.